The molecule has 116 valence electrons. The van der Waals surface area contributed by atoms with Gasteiger partial charge in [0.25, 0.3) is 0 Å². The third-order valence-electron chi connectivity index (χ3n) is 5.13. The second kappa shape index (κ2) is 5.72. The number of hydrogen-bond donors (Lipinski definition) is 0. The predicted molar refractivity (Wildman–Crippen MR) is 89.3 cm³/mol. The zero-order valence-electron chi connectivity index (χ0n) is 13.4. The molecule has 2 aliphatic heterocycles. The molecule has 23 heavy (non-hydrogen) atoms. The molecule has 0 aliphatic carbocycles. The summed E-state index contributed by atoms with van der Waals surface area (Å²) >= 11 is 0. The van der Waals surface area contributed by atoms with Crippen LogP contribution in [0.1, 0.15) is 40.8 Å². The van der Waals surface area contributed by atoms with Crippen molar-refractivity contribution >= 4 is 0 Å². The fourth-order valence-corrected chi connectivity index (χ4v) is 3.63. The maximum Gasteiger partial charge on any atom is 0.122 e. The van der Waals surface area contributed by atoms with Crippen LogP contribution in [0, 0.1) is 11.3 Å². The molecular weight excluding hydrogens is 284 g/mol. The predicted octanol–water partition coefficient (Wildman–Crippen LogP) is 3.61. The van der Waals surface area contributed by atoms with Crippen molar-refractivity contribution in [2.24, 2.45) is 0 Å². The van der Waals surface area contributed by atoms with Crippen LogP contribution < -0.4 is 4.74 Å². The van der Waals surface area contributed by atoms with E-state index >= 15 is 0 Å². The van der Waals surface area contributed by atoms with Gasteiger partial charge in [-0.15, -0.1) is 0 Å². The van der Waals surface area contributed by atoms with Crippen molar-refractivity contribution in [2.45, 2.75) is 32.4 Å². The van der Waals surface area contributed by atoms with Crippen LogP contribution in [0.4, 0.5) is 0 Å². The number of rotatable bonds is 2. The van der Waals surface area contributed by atoms with Crippen molar-refractivity contribution in [1.82, 2.24) is 4.90 Å². The molecule has 0 saturated carbocycles. The minimum atomic E-state index is 0.350. The molecule has 0 radical (unpaired) electrons. The van der Waals surface area contributed by atoms with Gasteiger partial charge in [0.15, 0.2) is 0 Å². The molecule has 0 spiro atoms. The lowest BCUT2D eigenvalue weighted by Crippen LogP contribution is -2.32. The van der Waals surface area contributed by atoms with Gasteiger partial charge in [0, 0.05) is 25.6 Å². The highest BCUT2D eigenvalue weighted by atomic mass is 16.5. The van der Waals surface area contributed by atoms with Gasteiger partial charge in [0.05, 0.1) is 18.2 Å². The average molecular weight is 304 g/mol. The Labute approximate surface area is 137 Å². The molecule has 0 saturated heterocycles. The molecule has 2 aromatic carbocycles. The monoisotopic (exact) mass is 304 g/mol. The molecule has 0 aromatic heterocycles. The van der Waals surface area contributed by atoms with Gasteiger partial charge < -0.3 is 4.74 Å². The Hall–Kier alpha value is -2.31. The fourth-order valence-electron chi connectivity index (χ4n) is 3.63. The smallest absolute Gasteiger partial charge is 0.122 e. The highest BCUT2D eigenvalue weighted by Gasteiger charge is 2.23. The summed E-state index contributed by atoms with van der Waals surface area (Å²) in [5.74, 6) is 1.05. The summed E-state index contributed by atoms with van der Waals surface area (Å²) in [7, 11) is 0. The van der Waals surface area contributed by atoms with Gasteiger partial charge in [0.1, 0.15) is 5.75 Å². The largest absolute Gasteiger partial charge is 0.493 e. The first-order chi connectivity index (χ1) is 11.2. The second-order valence-corrected chi connectivity index (χ2v) is 6.46. The number of nitrogens with zero attached hydrogens (tertiary/aromatic N) is 2. The van der Waals surface area contributed by atoms with E-state index in [-0.39, 0.29) is 0 Å². The Bertz CT molecular complexity index is 791. The zero-order chi connectivity index (χ0) is 15.8. The Kier molecular flexibility index (Phi) is 3.55. The first-order valence-corrected chi connectivity index (χ1v) is 8.26. The summed E-state index contributed by atoms with van der Waals surface area (Å²) in [6, 6.07) is 15.3. The van der Waals surface area contributed by atoms with Crippen LogP contribution in [0.2, 0.25) is 0 Å². The zero-order valence-corrected chi connectivity index (χ0v) is 13.4. The third-order valence-corrected chi connectivity index (χ3v) is 5.13. The number of benzene rings is 2. The van der Waals surface area contributed by atoms with Gasteiger partial charge in [-0.05, 0) is 53.8 Å². The topological polar surface area (TPSA) is 36.3 Å². The van der Waals surface area contributed by atoms with Crippen molar-refractivity contribution in [3.05, 3.63) is 64.2 Å². The Morgan fingerprint density at radius 3 is 2.83 bits per heavy atom. The molecule has 2 aromatic rings. The van der Waals surface area contributed by atoms with E-state index in [1.807, 2.05) is 12.1 Å². The lowest BCUT2D eigenvalue weighted by molar-refractivity contribution is 0.192. The first-order valence-electron chi connectivity index (χ1n) is 8.26. The van der Waals surface area contributed by atoms with E-state index in [9.17, 15) is 0 Å². The highest BCUT2D eigenvalue weighted by Crippen LogP contribution is 2.33. The van der Waals surface area contributed by atoms with Gasteiger partial charge in [0.2, 0.25) is 0 Å². The SMILES string of the molecule is CC(c1ccc2c(c1)OCC2)N1CCc2ccc(C#N)cc2C1. The quantitative estimate of drug-likeness (QED) is 0.850. The molecule has 3 nitrogen and oxygen atoms in total. The van der Waals surface area contributed by atoms with Crippen LogP contribution in [0.15, 0.2) is 36.4 Å². The average Bonchev–Trinajstić information content (AvgIpc) is 3.07. The van der Waals surface area contributed by atoms with Gasteiger partial charge >= 0.3 is 0 Å². The number of hydrogen-bond acceptors (Lipinski definition) is 3. The van der Waals surface area contributed by atoms with E-state index in [0.717, 1.165) is 43.9 Å². The normalized spacial score (nSPS) is 17.7. The van der Waals surface area contributed by atoms with E-state index in [0.29, 0.717) is 6.04 Å². The number of ether oxygens (including phenoxy) is 1. The van der Waals surface area contributed by atoms with E-state index in [1.54, 1.807) is 0 Å². The highest BCUT2D eigenvalue weighted by molar-refractivity contribution is 5.42. The summed E-state index contributed by atoms with van der Waals surface area (Å²) < 4.78 is 5.71. The summed E-state index contributed by atoms with van der Waals surface area (Å²) in [4.78, 5) is 2.49. The molecule has 1 unspecified atom stereocenters. The Balaban J connectivity index is 1.58. The molecule has 2 heterocycles. The second-order valence-electron chi connectivity index (χ2n) is 6.46. The molecule has 4 rings (SSSR count). The van der Waals surface area contributed by atoms with E-state index in [1.165, 1.54) is 22.3 Å². The van der Waals surface area contributed by atoms with Crippen LogP contribution in [0.3, 0.4) is 0 Å². The van der Waals surface area contributed by atoms with Crippen LogP contribution in [-0.4, -0.2) is 18.1 Å². The van der Waals surface area contributed by atoms with E-state index in [2.05, 4.69) is 42.2 Å². The molecule has 3 heteroatoms. The molecule has 0 amide bonds. The molecule has 0 fully saturated rings. The molecule has 1 atom stereocenters. The third kappa shape index (κ3) is 2.60. The fraction of sp³-hybridized carbons (Fsp3) is 0.350. The lowest BCUT2D eigenvalue weighted by Gasteiger charge is -2.34. The number of nitriles is 1. The van der Waals surface area contributed by atoms with Crippen LogP contribution in [-0.2, 0) is 19.4 Å². The first kappa shape index (κ1) is 14.3. The van der Waals surface area contributed by atoms with Crippen LogP contribution >= 0.6 is 0 Å². The van der Waals surface area contributed by atoms with Crippen LogP contribution in [0.25, 0.3) is 0 Å². The summed E-state index contributed by atoms with van der Waals surface area (Å²) in [5.41, 5.74) is 6.06. The van der Waals surface area contributed by atoms with Crippen molar-refractivity contribution < 1.29 is 4.74 Å². The van der Waals surface area contributed by atoms with E-state index < -0.39 is 0 Å². The molecule has 0 bridgehead atoms. The van der Waals surface area contributed by atoms with Crippen molar-refractivity contribution in [3.8, 4) is 11.8 Å². The summed E-state index contributed by atoms with van der Waals surface area (Å²) in [6.45, 7) is 5.03. The summed E-state index contributed by atoms with van der Waals surface area (Å²) in [5, 5.41) is 9.10. The van der Waals surface area contributed by atoms with Crippen molar-refractivity contribution in [1.29, 1.82) is 5.26 Å². The standard InChI is InChI=1S/C20H20N2O/c1-14(18-5-4-17-7-9-23-20(17)11-18)22-8-6-16-3-2-15(12-21)10-19(16)13-22/h2-5,10-11,14H,6-9,13H2,1H3. The Morgan fingerprint density at radius 1 is 1.09 bits per heavy atom. The van der Waals surface area contributed by atoms with Gasteiger partial charge in [-0.2, -0.15) is 5.26 Å². The lowest BCUT2D eigenvalue weighted by atomic mass is 9.95. The summed E-state index contributed by atoms with van der Waals surface area (Å²) in [6.07, 6.45) is 2.07. The molecule has 0 N–H and O–H groups in total. The maximum atomic E-state index is 9.10. The van der Waals surface area contributed by atoms with Gasteiger partial charge in [-0.3, -0.25) is 4.90 Å². The minimum Gasteiger partial charge on any atom is -0.493 e. The van der Waals surface area contributed by atoms with Crippen molar-refractivity contribution in [2.75, 3.05) is 13.2 Å². The Morgan fingerprint density at radius 2 is 1.96 bits per heavy atom. The van der Waals surface area contributed by atoms with Crippen LogP contribution in [0.5, 0.6) is 5.75 Å². The minimum absolute atomic E-state index is 0.350. The van der Waals surface area contributed by atoms with Crippen molar-refractivity contribution in [3.63, 3.8) is 0 Å². The molecular formula is C20H20N2O. The van der Waals surface area contributed by atoms with Gasteiger partial charge in [-0.25, -0.2) is 0 Å². The maximum absolute atomic E-state index is 9.10. The van der Waals surface area contributed by atoms with E-state index in [4.69, 9.17) is 10.00 Å². The number of fused-ring (bicyclic) bond motifs is 2. The van der Waals surface area contributed by atoms with Gasteiger partial charge in [-0.1, -0.05) is 18.2 Å². The molecule has 2 aliphatic rings.